The molecule has 0 spiro atoms. The van der Waals surface area contributed by atoms with Gasteiger partial charge in [-0.3, -0.25) is 9.59 Å². The lowest BCUT2D eigenvalue weighted by Crippen LogP contribution is -2.57. The van der Waals surface area contributed by atoms with Crippen LogP contribution >= 0.6 is 11.6 Å². The van der Waals surface area contributed by atoms with Gasteiger partial charge in [-0.15, -0.1) is 0 Å². The zero-order chi connectivity index (χ0) is 20.8. The summed E-state index contributed by atoms with van der Waals surface area (Å²) in [5.41, 5.74) is 0.532. The average molecular weight is 414 g/mol. The van der Waals surface area contributed by atoms with Crippen molar-refractivity contribution in [1.82, 2.24) is 5.32 Å². The predicted molar refractivity (Wildman–Crippen MR) is 112 cm³/mol. The van der Waals surface area contributed by atoms with Gasteiger partial charge in [0.15, 0.2) is 0 Å². The van der Waals surface area contributed by atoms with Crippen molar-refractivity contribution in [3.05, 3.63) is 28.8 Å². The summed E-state index contributed by atoms with van der Waals surface area (Å²) in [6.07, 6.45) is 6.75. The summed E-state index contributed by atoms with van der Waals surface area (Å²) in [6, 6.07) is 6.21. The summed E-state index contributed by atoms with van der Waals surface area (Å²) in [4.78, 5) is 26.3. The molecule has 0 aromatic heterocycles. The molecule has 5 nitrogen and oxygen atoms in total. The summed E-state index contributed by atoms with van der Waals surface area (Å²) in [5.74, 6) is 1.78. The van der Waals surface area contributed by atoms with Crippen molar-refractivity contribution in [2.24, 2.45) is 29.1 Å². The van der Waals surface area contributed by atoms with Crippen molar-refractivity contribution in [3.63, 3.8) is 0 Å². The first-order valence-corrected chi connectivity index (χ1v) is 11.0. The van der Waals surface area contributed by atoms with E-state index in [1.807, 2.05) is 19.9 Å². The first kappa shape index (κ1) is 20.2. The van der Waals surface area contributed by atoms with Gasteiger partial charge in [-0.1, -0.05) is 25.4 Å². The molecule has 1 aromatic rings. The van der Waals surface area contributed by atoms with E-state index in [9.17, 15) is 9.59 Å². The third-order valence-corrected chi connectivity index (χ3v) is 7.44. The van der Waals surface area contributed by atoms with Crippen molar-refractivity contribution in [1.29, 1.82) is 5.26 Å². The van der Waals surface area contributed by atoms with Crippen LogP contribution in [0.2, 0.25) is 5.02 Å². The number of hydrogen-bond donors (Lipinski definition) is 2. The number of amides is 2. The second-order valence-corrected chi connectivity index (χ2v) is 10.1. The van der Waals surface area contributed by atoms with Crippen molar-refractivity contribution in [2.45, 2.75) is 58.4 Å². The number of halogens is 1. The number of hydrogen-bond acceptors (Lipinski definition) is 3. The van der Waals surface area contributed by atoms with E-state index in [1.165, 1.54) is 19.3 Å². The quantitative estimate of drug-likeness (QED) is 0.745. The molecule has 0 saturated heterocycles. The Hall–Kier alpha value is -2.06. The molecule has 4 aliphatic rings. The Morgan fingerprint density at radius 2 is 1.72 bits per heavy atom. The SMILES string of the molecule is CC(C)[C@H](NC(=O)C12CC3CC(CC(C3)C1)C2)C(=O)Nc1ccc(Cl)c(C#N)c1. The standard InChI is InChI=1S/C23H28ClN3O2/c1-13(2)20(21(28)26-18-3-4-19(24)17(8-18)12-25)27-22(29)23-9-14-5-15(10-23)7-16(6-14)11-23/h3-4,8,13-16,20H,5-7,9-11H2,1-2H3,(H,26,28)(H,27,29)/t14?,15?,16?,20-,23?/m0/s1. The molecule has 0 aliphatic heterocycles. The molecule has 0 heterocycles. The van der Waals surface area contributed by atoms with Crippen molar-refractivity contribution < 1.29 is 9.59 Å². The van der Waals surface area contributed by atoms with E-state index in [4.69, 9.17) is 16.9 Å². The Morgan fingerprint density at radius 3 is 2.24 bits per heavy atom. The molecular formula is C23H28ClN3O2. The molecule has 154 valence electrons. The number of nitrogens with zero attached hydrogens (tertiary/aromatic N) is 1. The zero-order valence-electron chi connectivity index (χ0n) is 17.0. The minimum Gasteiger partial charge on any atom is -0.344 e. The van der Waals surface area contributed by atoms with E-state index in [-0.39, 0.29) is 23.1 Å². The number of anilines is 1. The third kappa shape index (κ3) is 3.88. The fourth-order valence-electron chi connectivity index (χ4n) is 6.13. The average Bonchev–Trinajstić information content (AvgIpc) is 2.65. The maximum Gasteiger partial charge on any atom is 0.247 e. The lowest BCUT2D eigenvalue weighted by atomic mass is 9.49. The van der Waals surface area contributed by atoms with Crippen LogP contribution in [-0.2, 0) is 9.59 Å². The highest BCUT2D eigenvalue weighted by atomic mass is 35.5. The monoisotopic (exact) mass is 413 g/mol. The molecular weight excluding hydrogens is 386 g/mol. The molecule has 2 N–H and O–H groups in total. The van der Waals surface area contributed by atoms with Gasteiger partial charge in [0.1, 0.15) is 12.1 Å². The van der Waals surface area contributed by atoms with Gasteiger partial charge in [-0.05, 0) is 80.4 Å². The molecule has 0 unspecified atom stereocenters. The van der Waals surface area contributed by atoms with Crippen molar-refractivity contribution in [2.75, 3.05) is 5.32 Å². The van der Waals surface area contributed by atoms with Crippen LogP contribution in [0.15, 0.2) is 18.2 Å². The van der Waals surface area contributed by atoms with Crippen LogP contribution in [-0.4, -0.2) is 17.9 Å². The summed E-state index contributed by atoms with van der Waals surface area (Å²) < 4.78 is 0. The van der Waals surface area contributed by atoms with E-state index in [2.05, 4.69) is 10.6 Å². The van der Waals surface area contributed by atoms with Crippen LogP contribution in [0.25, 0.3) is 0 Å². The van der Waals surface area contributed by atoms with E-state index >= 15 is 0 Å². The molecule has 29 heavy (non-hydrogen) atoms. The van der Waals surface area contributed by atoms with E-state index in [1.54, 1.807) is 18.2 Å². The smallest absolute Gasteiger partial charge is 0.247 e. The number of benzene rings is 1. The Labute approximate surface area is 177 Å². The van der Waals surface area contributed by atoms with Crippen LogP contribution in [0, 0.1) is 40.4 Å². The topological polar surface area (TPSA) is 82.0 Å². The summed E-state index contributed by atoms with van der Waals surface area (Å²) in [7, 11) is 0. The highest BCUT2D eigenvalue weighted by molar-refractivity contribution is 6.31. The first-order chi connectivity index (χ1) is 13.8. The number of carbonyl (C=O) groups is 2. The van der Waals surface area contributed by atoms with E-state index in [0.717, 1.165) is 19.3 Å². The molecule has 4 saturated carbocycles. The van der Waals surface area contributed by atoms with Gasteiger partial charge in [0.2, 0.25) is 11.8 Å². The van der Waals surface area contributed by atoms with Crippen LogP contribution in [0.3, 0.4) is 0 Å². The molecule has 4 fully saturated rings. The largest absolute Gasteiger partial charge is 0.344 e. The fourth-order valence-corrected chi connectivity index (χ4v) is 6.29. The highest BCUT2D eigenvalue weighted by Crippen LogP contribution is 2.60. The minimum absolute atomic E-state index is 0.0457. The maximum atomic E-state index is 13.4. The Morgan fingerprint density at radius 1 is 1.14 bits per heavy atom. The first-order valence-electron chi connectivity index (χ1n) is 10.6. The summed E-state index contributed by atoms with van der Waals surface area (Å²) in [5, 5.41) is 15.4. The molecule has 6 heteroatoms. The van der Waals surface area contributed by atoms with Gasteiger partial charge in [-0.2, -0.15) is 5.26 Å². The number of nitriles is 1. The summed E-state index contributed by atoms with van der Waals surface area (Å²) >= 11 is 5.97. The van der Waals surface area contributed by atoms with E-state index < -0.39 is 6.04 Å². The molecule has 2 amide bonds. The molecule has 5 rings (SSSR count). The molecule has 4 aliphatic carbocycles. The lowest BCUT2D eigenvalue weighted by Gasteiger charge is -2.55. The van der Waals surface area contributed by atoms with Crippen LogP contribution in [0.4, 0.5) is 5.69 Å². The second-order valence-electron chi connectivity index (χ2n) is 9.69. The third-order valence-electron chi connectivity index (χ3n) is 7.11. The van der Waals surface area contributed by atoms with Crippen LogP contribution < -0.4 is 10.6 Å². The van der Waals surface area contributed by atoms with Gasteiger partial charge in [0.25, 0.3) is 0 Å². The summed E-state index contributed by atoms with van der Waals surface area (Å²) in [6.45, 7) is 3.87. The van der Waals surface area contributed by atoms with Crippen molar-refractivity contribution in [3.8, 4) is 6.07 Å². The second kappa shape index (κ2) is 7.65. The van der Waals surface area contributed by atoms with E-state index in [0.29, 0.717) is 34.0 Å². The van der Waals surface area contributed by atoms with Gasteiger partial charge >= 0.3 is 0 Å². The molecule has 1 aromatic carbocycles. The molecule has 1 atom stereocenters. The molecule has 0 radical (unpaired) electrons. The van der Waals surface area contributed by atoms with Gasteiger partial charge in [0, 0.05) is 11.1 Å². The normalized spacial score (nSPS) is 30.7. The van der Waals surface area contributed by atoms with Gasteiger partial charge in [0.05, 0.1) is 10.6 Å². The highest BCUT2D eigenvalue weighted by Gasteiger charge is 2.55. The van der Waals surface area contributed by atoms with Crippen molar-refractivity contribution >= 4 is 29.1 Å². The zero-order valence-corrected chi connectivity index (χ0v) is 17.8. The fraction of sp³-hybridized carbons (Fsp3) is 0.609. The number of rotatable bonds is 5. The number of carbonyl (C=O) groups excluding carboxylic acids is 2. The Balaban J connectivity index is 1.47. The van der Waals surface area contributed by atoms with Crippen LogP contribution in [0.5, 0.6) is 0 Å². The number of nitrogens with one attached hydrogen (secondary N) is 2. The van der Waals surface area contributed by atoms with Gasteiger partial charge < -0.3 is 10.6 Å². The van der Waals surface area contributed by atoms with Gasteiger partial charge in [-0.25, -0.2) is 0 Å². The predicted octanol–water partition coefficient (Wildman–Crippen LogP) is 4.51. The lowest BCUT2D eigenvalue weighted by molar-refractivity contribution is -0.148. The van der Waals surface area contributed by atoms with Crippen LogP contribution in [0.1, 0.15) is 57.9 Å². The molecule has 4 bridgehead atoms. The maximum absolute atomic E-state index is 13.4. The Bertz CT molecular complexity index is 838. The minimum atomic E-state index is -0.614. The Kier molecular flexibility index (Phi) is 5.33.